The van der Waals surface area contributed by atoms with E-state index >= 15 is 0 Å². The van der Waals surface area contributed by atoms with Gasteiger partial charge in [-0.25, -0.2) is 0 Å². The van der Waals surface area contributed by atoms with E-state index in [-0.39, 0.29) is 0 Å². The summed E-state index contributed by atoms with van der Waals surface area (Å²) >= 11 is 0. The van der Waals surface area contributed by atoms with Gasteiger partial charge in [0.15, 0.2) is 0 Å². The summed E-state index contributed by atoms with van der Waals surface area (Å²) in [7, 11) is -1.05. The van der Waals surface area contributed by atoms with Crippen LogP contribution in [0.2, 0.25) is 0 Å². The van der Waals surface area contributed by atoms with Gasteiger partial charge in [0.2, 0.25) is 0 Å². The van der Waals surface area contributed by atoms with Crippen LogP contribution in [0.4, 0.5) is 11.4 Å². The summed E-state index contributed by atoms with van der Waals surface area (Å²) < 4.78 is 12.0. The maximum absolute atomic E-state index is 12.0. The van der Waals surface area contributed by atoms with Crippen LogP contribution in [0.5, 0.6) is 0 Å². The van der Waals surface area contributed by atoms with Crippen molar-refractivity contribution in [1.82, 2.24) is 0 Å². The smallest absolute Gasteiger partial charge is 0.0574 e. The van der Waals surface area contributed by atoms with Crippen molar-refractivity contribution in [3.8, 4) is 0 Å². The van der Waals surface area contributed by atoms with E-state index in [2.05, 4.69) is 0 Å². The standard InChI is InChI=1S/C13H14N2OS/c14-11-3-1-10(2-4-11)9-17(16)13-7-5-12(15)6-8-13/h1-8H,9,14-15H2. The molecule has 0 aliphatic heterocycles. The zero-order chi connectivity index (χ0) is 12.3. The Morgan fingerprint density at radius 2 is 1.29 bits per heavy atom. The van der Waals surface area contributed by atoms with Crippen LogP contribution in [0, 0.1) is 0 Å². The molecule has 1 unspecified atom stereocenters. The second-order valence-corrected chi connectivity index (χ2v) is 5.25. The minimum atomic E-state index is -1.05. The Morgan fingerprint density at radius 3 is 1.82 bits per heavy atom. The molecule has 88 valence electrons. The van der Waals surface area contributed by atoms with E-state index in [1.165, 1.54) is 0 Å². The van der Waals surface area contributed by atoms with Crippen molar-refractivity contribution in [2.45, 2.75) is 10.6 Å². The van der Waals surface area contributed by atoms with Crippen molar-refractivity contribution < 1.29 is 4.21 Å². The van der Waals surface area contributed by atoms with Crippen molar-refractivity contribution >= 4 is 22.2 Å². The molecule has 1 atom stereocenters. The van der Waals surface area contributed by atoms with Gasteiger partial charge in [-0.2, -0.15) is 0 Å². The molecule has 17 heavy (non-hydrogen) atoms. The summed E-state index contributed by atoms with van der Waals surface area (Å²) in [5, 5.41) is 0. The zero-order valence-electron chi connectivity index (χ0n) is 9.30. The Labute approximate surface area is 103 Å². The Kier molecular flexibility index (Phi) is 3.44. The molecule has 2 rings (SSSR count). The molecule has 4 heteroatoms. The minimum absolute atomic E-state index is 0.490. The van der Waals surface area contributed by atoms with Crippen LogP contribution in [0.3, 0.4) is 0 Å². The fourth-order valence-electron chi connectivity index (χ4n) is 1.47. The molecule has 0 saturated carbocycles. The van der Waals surface area contributed by atoms with Gasteiger partial charge in [0.05, 0.1) is 16.6 Å². The molecule has 0 heterocycles. The predicted molar refractivity (Wildman–Crippen MR) is 71.8 cm³/mol. The highest BCUT2D eigenvalue weighted by Crippen LogP contribution is 2.15. The molecule has 0 radical (unpaired) electrons. The lowest BCUT2D eigenvalue weighted by Crippen LogP contribution is -1.97. The monoisotopic (exact) mass is 246 g/mol. The molecule has 4 N–H and O–H groups in total. The van der Waals surface area contributed by atoms with Gasteiger partial charge >= 0.3 is 0 Å². The molecular formula is C13H14N2OS. The van der Waals surface area contributed by atoms with Crippen molar-refractivity contribution in [1.29, 1.82) is 0 Å². The first-order valence-corrected chi connectivity index (χ1v) is 6.55. The van der Waals surface area contributed by atoms with Crippen LogP contribution in [0.15, 0.2) is 53.4 Å². The molecule has 0 fully saturated rings. The highest BCUT2D eigenvalue weighted by atomic mass is 32.2. The van der Waals surface area contributed by atoms with Crippen LogP contribution >= 0.6 is 0 Å². The normalized spacial score (nSPS) is 12.2. The molecule has 2 aromatic carbocycles. The highest BCUT2D eigenvalue weighted by molar-refractivity contribution is 7.84. The van der Waals surface area contributed by atoms with E-state index in [0.717, 1.165) is 10.5 Å². The lowest BCUT2D eigenvalue weighted by Gasteiger charge is -2.03. The van der Waals surface area contributed by atoms with Gasteiger partial charge in [-0.15, -0.1) is 0 Å². The summed E-state index contributed by atoms with van der Waals surface area (Å²) in [5.74, 6) is 0.490. The maximum Gasteiger partial charge on any atom is 0.0574 e. The third-order valence-electron chi connectivity index (χ3n) is 2.42. The predicted octanol–water partition coefficient (Wildman–Crippen LogP) is 2.16. The summed E-state index contributed by atoms with van der Waals surface area (Å²) in [5.41, 5.74) is 13.6. The Morgan fingerprint density at radius 1 is 0.824 bits per heavy atom. The first-order valence-electron chi connectivity index (χ1n) is 5.23. The van der Waals surface area contributed by atoms with Gasteiger partial charge in [-0.1, -0.05) is 12.1 Å². The first kappa shape index (κ1) is 11.7. The van der Waals surface area contributed by atoms with Gasteiger partial charge in [-0.3, -0.25) is 4.21 Å². The van der Waals surface area contributed by atoms with Crippen molar-refractivity contribution in [3.05, 3.63) is 54.1 Å². The van der Waals surface area contributed by atoms with Crippen LogP contribution in [0.1, 0.15) is 5.56 Å². The molecule has 0 amide bonds. The number of anilines is 2. The molecule has 0 saturated heterocycles. The summed E-state index contributed by atoms with van der Waals surface area (Å²) in [6.07, 6.45) is 0. The summed E-state index contributed by atoms with van der Waals surface area (Å²) in [6.45, 7) is 0. The van der Waals surface area contributed by atoms with Crippen LogP contribution in [0.25, 0.3) is 0 Å². The number of nitrogens with two attached hydrogens (primary N) is 2. The highest BCUT2D eigenvalue weighted by Gasteiger charge is 2.04. The largest absolute Gasteiger partial charge is 0.399 e. The Bertz CT molecular complexity index is 520. The molecule has 0 aliphatic rings. The minimum Gasteiger partial charge on any atom is -0.399 e. The number of nitrogen functional groups attached to an aromatic ring is 2. The van der Waals surface area contributed by atoms with E-state index < -0.39 is 10.8 Å². The van der Waals surface area contributed by atoms with E-state index in [9.17, 15) is 4.21 Å². The van der Waals surface area contributed by atoms with Gasteiger partial charge in [0.1, 0.15) is 0 Å². The van der Waals surface area contributed by atoms with Gasteiger partial charge < -0.3 is 11.5 Å². The third kappa shape index (κ3) is 3.07. The average molecular weight is 246 g/mol. The summed E-state index contributed by atoms with van der Waals surface area (Å²) in [6, 6.07) is 14.5. The van der Waals surface area contributed by atoms with E-state index in [4.69, 9.17) is 11.5 Å². The molecule has 3 nitrogen and oxygen atoms in total. The second-order valence-electron chi connectivity index (χ2n) is 3.80. The van der Waals surface area contributed by atoms with Crippen molar-refractivity contribution in [2.75, 3.05) is 11.5 Å². The van der Waals surface area contributed by atoms with Crippen LogP contribution in [-0.4, -0.2) is 4.21 Å². The van der Waals surface area contributed by atoms with Gasteiger partial charge in [0, 0.05) is 16.3 Å². The number of benzene rings is 2. The van der Waals surface area contributed by atoms with Gasteiger partial charge in [-0.05, 0) is 42.0 Å². The SMILES string of the molecule is Nc1ccc(CS(=O)c2ccc(N)cc2)cc1. The fraction of sp³-hybridized carbons (Fsp3) is 0.0769. The molecular weight excluding hydrogens is 232 g/mol. The van der Waals surface area contributed by atoms with Crippen LogP contribution < -0.4 is 11.5 Å². The summed E-state index contributed by atoms with van der Waals surface area (Å²) in [4.78, 5) is 0.788. The number of hydrogen-bond donors (Lipinski definition) is 2. The first-order chi connectivity index (χ1) is 8.15. The zero-order valence-corrected chi connectivity index (χ0v) is 10.1. The average Bonchev–Trinajstić information content (AvgIpc) is 2.33. The number of rotatable bonds is 3. The lowest BCUT2D eigenvalue weighted by atomic mass is 10.2. The molecule has 0 bridgehead atoms. The second kappa shape index (κ2) is 5.01. The van der Waals surface area contributed by atoms with E-state index in [0.29, 0.717) is 17.1 Å². The quantitative estimate of drug-likeness (QED) is 0.815. The molecule has 2 aromatic rings. The number of hydrogen-bond acceptors (Lipinski definition) is 3. The van der Waals surface area contributed by atoms with Crippen molar-refractivity contribution in [2.24, 2.45) is 0 Å². The van der Waals surface area contributed by atoms with Crippen LogP contribution in [-0.2, 0) is 16.6 Å². The van der Waals surface area contributed by atoms with Gasteiger partial charge in [0.25, 0.3) is 0 Å². The fourth-order valence-corrected chi connectivity index (χ4v) is 2.57. The van der Waals surface area contributed by atoms with E-state index in [1.807, 2.05) is 24.3 Å². The molecule has 0 aromatic heterocycles. The van der Waals surface area contributed by atoms with E-state index in [1.54, 1.807) is 24.3 Å². The van der Waals surface area contributed by atoms with Crippen molar-refractivity contribution in [3.63, 3.8) is 0 Å². The third-order valence-corrected chi connectivity index (χ3v) is 3.81. The Hall–Kier alpha value is -1.81. The lowest BCUT2D eigenvalue weighted by molar-refractivity contribution is 0.682. The Balaban J connectivity index is 2.11. The topological polar surface area (TPSA) is 69.1 Å². The molecule has 0 aliphatic carbocycles. The molecule has 0 spiro atoms. The maximum atomic E-state index is 12.0.